The highest BCUT2D eigenvalue weighted by Crippen LogP contribution is 2.36. The third kappa shape index (κ3) is 1.03. The minimum absolute atomic E-state index is 0.0902. The summed E-state index contributed by atoms with van der Waals surface area (Å²) >= 11 is 0. The van der Waals surface area contributed by atoms with E-state index in [-0.39, 0.29) is 23.5 Å². The van der Waals surface area contributed by atoms with Crippen LogP contribution in [0, 0.1) is 5.92 Å². The van der Waals surface area contributed by atoms with E-state index in [4.69, 9.17) is 4.74 Å². The Morgan fingerprint density at radius 2 is 2.36 bits per heavy atom. The first-order chi connectivity index (χ1) is 5.08. The smallest absolute Gasteiger partial charge is 0.226 e. The second kappa shape index (κ2) is 1.97. The monoisotopic (exact) mass is 155 g/mol. The molecule has 0 aromatic heterocycles. The molecule has 0 radical (unpaired) electrons. The third-order valence-corrected chi connectivity index (χ3v) is 2.44. The van der Waals surface area contributed by atoms with Gasteiger partial charge in [0.05, 0.1) is 17.6 Å². The molecule has 11 heavy (non-hydrogen) atoms. The lowest BCUT2D eigenvalue weighted by Crippen LogP contribution is -2.26. The van der Waals surface area contributed by atoms with Gasteiger partial charge < -0.3 is 10.1 Å². The van der Waals surface area contributed by atoms with E-state index in [0.29, 0.717) is 6.54 Å². The molecule has 0 aromatic rings. The minimum Gasteiger partial charge on any atom is -0.370 e. The molecule has 3 nitrogen and oxygen atoms in total. The number of carbonyl (C=O) groups is 1. The van der Waals surface area contributed by atoms with Gasteiger partial charge in [-0.15, -0.1) is 0 Å². The number of carbonyl (C=O) groups excluding carboxylic acids is 1. The molecule has 0 saturated carbocycles. The fourth-order valence-corrected chi connectivity index (χ4v) is 1.98. The lowest BCUT2D eigenvalue weighted by molar-refractivity contribution is -0.122. The maximum atomic E-state index is 11.2. The number of hydrogen-bond acceptors (Lipinski definition) is 2. The highest BCUT2D eigenvalue weighted by atomic mass is 16.5. The molecule has 2 atom stereocenters. The van der Waals surface area contributed by atoms with Crippen LogP contribution in [-0.2, 0) is 9.53 Å². The van der Waals surface area contributed by atoms with Crippen molar-refractivity contribution in [1.29, 1.82) is 0 Å². The molecule has 2 heterocycles. The Morgan fingerprint density at radius 3 is 3.00 bits per heavy atom. The van der Waals surface area contributed by atoms with Crippen molar-refractivity contribution in [1.82, 2.24) is 5.32 Å². The lowest BCUT2D eigenvalue weighted by atomic mass is 9.96. The van der Waals surface area contributed by atoms with Gasteiger partial charge in [-0.05, 0) is 20.3 Å². The fraction of sp³-hybridized carbons (Fsp3) is 0.875. The predicted molar refractivity (Wildman–Crippen MR) is 40.1 cm³/mol. The zero-order chi connectivity index (χ0) is 8.06. The van der Waals surface area contributed by atoms with Crippen LogP contribution in [0.4, 0.5) is 0 Å². The Morgan fingerprint density at radius 1 is 1.64 bits per heavy atom. The summed E-state index contributed by atoms with van der Waals surface area (Å²) in [5, 5.41) is 2.80. The summed E-state index contributed by atoms with van der Waals surface area (Å²) in [4.78, 5) is 11.2. The van der Waals surface area contributed by atoms with Gasteiger partial charge in [0.2, 0.25) is 5.91 Å². The van der Waals surface area contributed by atoms with Crippen molar-refractivity contribution in [3.63, 3.8) is 0 Å². The summed E-state index contributed by atoms with van der Waals surface area (Å²) in [6.07, 6.45) is 1.00. The van der Waals surface area contributed by atoms with E-state index < -0.39 is 0 Å². The van der Waals surface area contributed by atoms with E-state index in [1.54, 1.807) is 0 Å². The van der Waals surface area contributed by atoms with Gasteiger partial charge >= 0.3 is 0 Å². The topological polar surface area (TPSA) is 38.3 Å². The van der Waals surface area contributed by atoms with Crippen molar-refractivity contribution in [3.05, 3.63) is 0 Å². The first kappa shape index (κ1) is 7.10. The van der Waals surface area contributed by atoms with Crippen LogP contribution in [0.2, 0.25) is 0 Å². The summed E-state index contributed by atoms with van der Waals surface area (Å²) in [6.45, 7) is 4.78. The zero-order valence-electron chi connectivity index (χ0n) is 6.89. The average Bonchev–Trinajstić information content (AvgIpc) is 2.31. The normalized spacial score (nSPS) is 40.4. The largest absolute Gasteiger partial charge is 0.370 e. The maximum Gasteiger partial charge on any atom is 0.226 e. The molecule has 1 N–H and O–H groups in total. The SMILES string of the molecule is CC1(C)CC2C(=O)NCC2O1. The summed E-state index contributed by atoms with van der Waals surface area (Å²) in [5.74, 6) is 0.283. The molecule has 2 saturated heterocycles. The van der Waals surface area contributed by atoms with Crippen molar-refractivity contribution in [2.45, 2.75) is 32.0 Å². The van der Waals surface area contributed by atoms with Crippen molar-refractivity contribution in [3.8, 4) is 0 Å². The van der Waals surface area contributed by atoms with E-state index in [9.17, 15) is 4.79 Å². The second-order valence-electron chi connectivity index (χ2n) is 3.97. The van der Waals surface area contributed by atoms with Crippen molar-refractivity contribution >= 4 is 5.91 Å². The predicted octanol–water partition coefficient (Wildman–Crippen LogP) is 0.300. The molecule has 3 heteroatoms. The van der Waals surface area contributed by atoms with E-state index in [2.05, 4.69) is 5.32 Å². The first-order valence-corrected chi connectivity index (χ1v) is 4.04. The summed E-state index contributed by atoms with van der Waals surface area (Å²) in [7, 11) is 0. The molecule has 62 valence electrons. The maximum absolute atomic E-state index is 11.2. The van der Waals surface area contributed by atoms with Gasteiger partial charge in [-0.3, -0.25) is 4.79 Å². The Kier molecular flexibility index (Phi) is 1.27. The van der Waals surface area contributed by atoms with Crippen LogP contribution in [0.5, 0.6) is 0 Å². The van der Waals surface area contributed by atoms with E-state index in [1.165, 1.54) is 0 Å². The van der Waals surface area contributed by atoms with E-state index >= 15 is 0 Å². The fourth-order valence-electron chi connectivity index (χ4n) is 1.98. The Hall–Kier alpha value is -0.570. The van der Waals surface area contributed by atoms with Gasteiger partial charge in [0.1, 0.15) is 0 Å². The summed E-state index contributed by atoms with van der Waals surface area (Å²) in [6, 6.07) is 0. The molecule has 2 aliphatic rings. The highest BCUT2D eigenvalue weighted by Gasteiger charge is 2.47. The molecule has 1 amide bonds. The van der Waals surface area contributed by atoms with Crippen LogP contribution >= 0.6 is 0 Å². The van der Waals surface area contributed by atoms with Crippen molar-refractivity contribution < 1.29 is 9.53 Å². The number of amides is 1. The van der Waals surface area contributed by atoms with E-state index in [0.717, 1.165) is 6.42 Å². The van der Waals surface area contributed by atoms with Gasteiger partial charge in [-0.2, -0.15) is 0 Å². The Bertz CT molecular complexity index is 200. The number of ether oxygens (including phenoxy) is 1. The van der Waals surface area contributed by atoms with Crippen LogP contribution in [0.3, 0.4) is 0 Å². The van der Waals surface area contributed by atoms with Crippen molar-refractivity contribution in [2.75, 3.05) is 6.54 Å². The lowest BCUT2D eigenvalue weighted by Gasteiger charge is -2.18. The summed E-state index contributed by atoms with van der Waals surface area (Å²) in [5.41, 5.74) is -0.0902. The van der Waals surface area contributed by atoms with Crippen LogP contribution in [0.25, 0.3) is 0 Å². The highest BCUT2D eigenvalue weighted by molar-refractivity contribution is 5.82. The molecule has 2 aliphatic heterocycles. The number of hydrogen-bond donors (Lipinski definition) is 1. The average molecular weight is 155 g/mol. The molecule has 0 bridgehead atoms. The first-order valence-electron chi connectivity index (χ1n) is 4.04. The van der Waals surface area contributed by atoms with Gasteiger partial charge in [0.15, 0.2) is 0 Å². The molecular formula is C8H13NO2. The quantitative estimate of drug-likeness (QED) is 0.546. The molecule has 0 aliphatic carbocycles. The molecule has 0 spiro atoms. The van der Waals surface area contributed by atoms with Crippen LogP contribution in [0.1, 0.15) is 20.3 Å². The van der Waals surface area contributed by atoms with Gasteiger partial charge in [0.25, 0.3) is 0 Å². The van der Waals surface area contributed by atoms with E-state index in [1.807, 2.05) is 13.8 Å². The minimum atomic E-state index is -0.0902. The summed E-state index contributed by atoms with van der Waals surface area (Å²) < 4.78 is 5.66. The number of rotatable bonds is 0. The molecule has 0 aromatic carbocycles. The standard InChI is InChI=1S/C8H13NO2/c1-8(2)3-5-6(11-8)4-9-7(5)10/h5-6H,3-4H2,1-2H3,(H,9,10). The number of fused-ring (bicyclic) bond motifs is 1. The zero-order valence-corrected chi connectivity index (χ0v) is 6.89. The van der Waals surface area contributed by atoms with Gasteiger partial charge in [-0.25, -0.2) is 0 Å². The molecule has 2 fully saturated rings. The van der Waals surface area contributed by atoms with Crippen molar-refractivity contribution in [2.24, 2.45) is 5.92 Å². The van der Waals surface area contributed by atoms with Gasteiger partial charge in [-0.1, -0.05) is 0 Å². The van der Waals surface area contributed by atoms with Crippen LogP contribution in [-0.4, -0.2) is 24.2 Å². The van der Waals surface area contributed by atoms with Crippen LogP contribution < -0.4 is 5.32 Å². The molecular weight excluding hydrogens is 142 g/mol. The Balaban J connectivity index is 2.16. The Labute approximate surface area is 66.1 Å². The second-order valence-corrected chi connectivity index (χ2v) is 3.97. The third-order valence-electron chi connectivity index (χ3n) is 2.44. The molecule has 2 rings (SSSR count). The van der Waals surface area contributed by atoms with Gasteiger partial charge in [0, 0.05) is 6.54 Å². The van der Waals surface area contributed by atoms with Crippen LogP contribution in [0.15, 0.2) is 0 Å². The molecule has 2 unspecified atom stereocenters. The number of nitrogens with one attached hydrogen (secondary N) is 1.